The van der Waals surface area contributed by atoms with Crippen LogP contribution >= 0.6 is 0 Å². The van der Waals surface area contributed by atoms with Crippen molar-refractivity contribution in [1.82, 2.24) is 15.1 Å². The lowest BCUT2D eigenvalue weighted by Crippen LogP contribution is -2.15. The molecular weight excluding hydrogens is 236 g/mol. The minimum absolute atomic E-state index is 0.702. The Labute approximate surface area is 113 Å². The molecule has 0 unspecified atom stereocenters. The molecule has 0 saturated carbocycles. The molecule has 0 radical (unpaired) electrons. The number of benzene rings is 1. The van der Waals surface area contributed by atoms with Crippen molar-refractivity contribution in [3.63, 3.8) is 0 Å². The Hall–Kier alpha value is -2.12. The summed E-state index contributed by atoms with van der Waals surface area (Å²) in [6.45, 7) is 3.63. The second kappa shape index (κ2) is 6.17. The molecule has 0 atom stereocenters. The molecule has 0 amide bonds. The summed E-state index contributed by atoms with van der Waals surface area (Å²) in [7, 11) is 1.96. The highest BCUT2D eigenvalue weighted by atomic mass is 15.3. The average molecular weight is 254 g/mol. The molecule has 2 aromatic rings. The van der Waals surface area contributed by atoms with Crippen molar-refractivity contribution in [2.45, 2.75) is 26.4 Å². The maximum atomic E-state index is 8.85. The molecule has 0 bridgehead atoms. The average Bonchev–Trinajstić information content (AvgIpc) is 2.80. The summed E-state index contributed by atoms with van der Waals surface area (Å²) in [5.41, 5.74) is 4.11. The van der Waals surface area contributed by atoms with E-state index in [4.69, 9.17) is 5.26 Å². The van der Waals surface area contributed by atoms with Gasteiger partial charge in [-0.1, -0.05) is 19.1 Å². The van der Waals surface area contributed by atoms with Crippen LogP contribution in [0.2, 0.25) is 0 Å². The fourth-order valence-corrected chi connectivity index (χ4v) is 2.00. The zero-order chi connectivity index (χ0) is 13.7. The summed E-state index contributed by atoms with van der Waals surface area (Å²) in [6, 6.07) is 11.9. The standard InChI is InChI=1S/C15H18N4/c1-3-14-8-15(19(2)18-14)11-17-10-13-6-4-5-12(7-13)9-16/h4-8,17H,3,10-11H2,1-2H3. The smallest absolute Gasteiger partial charge is 0.0991 e. The van der Waals surface area contributed by atoms with Crippen LogP contribution in [0.3, 0.4) is 0 Å². The van der Waals surface area contributed by atoms with Crippen LogP contribution in [0, 0.1) is 11.3 Å². The summed E-state index contributed by atoms with van der Waals surface area (Å²) in [5, 5.41) is 16.6. The van der Waals surface area contributed by atoms with Crippen LogP contribution in [0.5, 0.6) is 0 Å². The van der Waals surface area contributed by atoms with Crippen molar-refractivity contribution >= 4 is 0 Å². The monoisotopic (exact) mass is 254 g/mol. The third-order valence-corrected chi connectivity index (χ3v) is 3.08. The highest BCUT2D eigenvalue weighted by Gasteiger charge is 2.03. The molecule has 0 aliphatic carbocycles. The van der Waals surface area contributed by atoms with Crippen LogP contribution in [0.15, 0.2) is 30.3 Å². The molecule has 1 aromatic carbocycles. The van der Waals surface area contributed by atoms with Gasteiger partial charge < -0.3 is 5.32 Å². The first-order chi connectivity index (χ1) is 9.22. The minimum Gasteiger partial charge on any atom is -0.307 e. The van der Waals surface area contributed by atoms with Crippen LogP contribution in [0.25, 0.3) is 0 Å². The number of rotatable bonds is 5. The second-order valence-corrected chi connectivity index (χ2v) is 4.52. The van der Waals surface area contributed by atoms with E-state index in [0.29, 0.717) is 5.56 Å². The van der Waals surface area contributed by atoms with E-state index < -0.39 is 0 Å². The van der Waals surface area contributed by atoms with Gasteiger partial charge in [0.15, 0.2) is 0 Å². The van der Waals surface area contributed by atoms with Crippen LogP contribution < -0.4 is 5.32 Å². The van der Waals surface area contributed by atoms with Crippen LogP contribution in [0.4, 0.5) is 0 Å². The molecule has 0 fully saturated rings. The number of nitrogens with zero attached hydrogens (tertiary/aromatic N) is 3. The number of nitrogens with one attached hydrogen (secondary N) is 1. The van der Waals surface area contributed by atoms with Gasteiger partial charge in [0.25, 0.3) is 0 Å². The molecule has 4 heteroatoms. The quantitative estimate of drug-likeness (QED) is 0.889. The van der Waals surface area contributed by atoms with Crippen molar-refractivity contribution in [2.75, 3.05) is 0 Å². The predicted molar refractivity (Wildman–Crippen MR) is 74.3 cm³/mol. The maximum Gasteiger partial charge on any atom is 0.0991 e. The molecule has 2 rings (SSSR count). The lowest BCUT2D eigenvalue weighted by molar-refractivity contribution is 0.623. The summed E-state index contributed by atoms with van der Waals surface area (Å²) >= 11 is 0. The van der Waals surface area contributed by atoms with Gasteiger partial charge in [-0.15, -0.1) is 0 Å². The summed E-state index contributed by atoms with van der Waals surface area (Å²) in [4.78, 5) is 0. The Bertz CT molecular complexity index is 592. The maximum absolute atomic E-state index is 8.85. The Balaban J connectivity index is 1.92. The molecule has 1 N–H and O–H groups in total. The zero-order valence-electron chi connectivity index (χ0n) is 11.3. The van der Waals surface area contributed by atoms with Gasteiger partial charge in [0.1, 0.15) is 0 Å². The number of aryl methyl sites for hydroxylation is 2. The third kappa shape index (κ3) is 3.43. The normalized spacial score (nSPS) is 10.4. The van der Waals surface area contributed by atoms with E-state index in [1.54, 1.807) is 0 Å². The molecule has 0 spiro atoms. The Morgan fingerprint density at radius 3 is 2.84 bits per heavy atom. The Morgan fingerprint density at radius 2 is 2.16 bits per heavy atom. The van der Waals surface area contributed by atoms with Gasteiger partial charge in [-0.25, -0.2) is 0 Å². The highest BCUT2D eigenvalue weighted by Crippen LogP contribution is 2.06. The van der Waals surface area contributed by atoms with E-state index in [-0.39, 0.29) is 0 Å². The first-order valence-electron chi connectivity index (χ1n) is 6.44. The summed E-state index contributed by atoms with van der Waals surface area (Å²) in [5.74, 6) is 0. The number of hydrogen-bond acceptors (Lipinski definition) is 3. The van der Waals surface area contributed by atoms with E-state index in [1.165, 1.54) is 5.69 Å². The molecule has 0 saturated heterocycles. The molecule has 1 heterocycles. The fourth-order valence-electron chi connectivity index (χ4n) is 2.00. The first kappa shape index (κ1) is 13.3. The first-order valence-corrected chi connectivity index (χ1v) is 6.44. The molecule has 98 valence electrons. The van der Waals surface area contributed by atoms with E-state index in [2.05, 4.69) is 29.5 Å². The minimum atomic E-state index is 0.702. The van der Waals surface area contributed by atoms with Gasteiger partial charge in [0, 0.05) is 20.1 Å². The van der Waals surface area contributed by atoms with E-state index in [9.17, 15) is 0 Å². The van der Waals surface area contributed by atoms with E-state index >= 15 is 0 Å². The van der Waals surface area contributed by atoms with Gasteiger partial charge in [0.05, 0.1) is 23.0 Å². The van der Waals surface area contributed by atoms with Crippen molar-refractivity contribution in [3.8, 4) is 6.07 Å². The van der Waals surface area contributed by atoms with E-state index in [0.717, 1.165) is 30.8 Å². The van der Waals surface area contributed by atoms with Gasteiger partial charge in [-0.05, 0) is 30.2 Å². The summed E-state index contributed by atoms with van der Waals surface area (Å²) in [6.07, 6.45) is 0.956. The van der Waals surface area contributed by atoms with Crippen molar-refractivity contribution in [3.05, 3.63) is 52.8 Å². The summed E-state index contributed by atoms with van der Waals surface area (Å²) < 4.78 is 1.91. The van der Waals surface area contributed by atoms with Crippen molar-refractivity contribution in [1.29, 1.82) is 5.26 Å². The van der Waals surface area contributed by atoms with E-state index in [1.807, 2.05) is 36.0 Å². The van der Waals surface area contributed by atoms with Gasteiger partial charge >= 0.3 is 0 Å². The van der Waals surface area contributed by atoms with Crippen LogP contribution in [-0.2, 0) is 26.6 Å². The lowest BCUT2D eigenvalue weighted by Gasteiger charge is -2.05. The third-order valence-electron chi connectivity index (χ3n) is 3.08. The highest BCUT2D eigenvalue weighted by molar-refractivity contribution is 5.32. The molecule has 19 heavy (non-hydrogen) atoms. The van der Waals surface area contributed by atoms with Crippen LogP contribution in [-0.4, -0.2) is 9.78 Å². The number of hydrogen-bond donors (Lipinski definition) is 1. The topological polar surface area (TPSA) is 53.6 Å². The fraction of sp³-hybridized carbons (Fsp3) is 0.333. The van der Waals surface area contributed by atoms with Gasteiger partial charge in [-0.2, -0.15) is 10.4 Å². The largest absolute Gasteiger partial charge is 0.307 e. The van der Waals surface area contributed by atoms with Crippen molar-refractivity contribution in [2.24, 2.45) is 7.05 Å². The number of aromatic nitrogens is 2. The Kier molecular flexibility index (Phi) is 4.32. The molecule has 1 aromatic heterocycles. The molecule has 0 aliphatic rings. The Morgan fingerprint density at radius 1 is 1.32 bits per heavy atom. The lowest BCUT2D eigenvalue weighted by atomic mass is 10.1. The molecule has 0 aliphatic heterocycles. The predicted octanol–water partition coefficient (Wildman–Crippen LogP) is 2.14. The SMILES string of the molecule is CCc1cc(CNCc2cccc(C#N)c2)n(C)n1. The second-order valence-electron chi connectivity index (χ2n) is 4.52. The zero-order valence-corrected chi connectivity index (χ0v) is 11.3. The van der Waals surface area contributed by atoms with Crippen LogP contribution in [0.1, 0.15) is 29.4 Å². The van der Waals surface area contributed by atoms with Crippen molar-refractivity contribution < 1.29 is 0 Å². The molecular formula is C15H18N4. The van der Waals surface area contributed by atoms with Gasteiger partial charge in [-0.3, -0.25) is 4.68 Å². The van der Waals surface area contributed by atoms with Gasteiger partial charge in [0.2, 0.25) is 0 Å². The number of nitriles is 1. The molecule has 4 nitrogen and oxygen atoms in total.